The lowest BCUT2D eigenvalue weighted by Gasteiger charge is -2.56. The average molecular weight is 455 g/mol. The van der Waals surface area contributed by atoms with Crippen LogP contribution in [0.15, 0.2) is 0 Å². The normalized spacial score (nSPS) is 25.3. The molecule has 0 bridgehead atoms. The van der Waals surface area contributed by atoms with Gasteiger partial charge in [0.15, 0.2) is 0 Å². The van der Waals surface area contributed by atoms with Gasteiger partial charge >= 0.3 is 12.1 Å². The summed E-state index contributed by atoms with van der Waals surface area (Å²) >= 11 is 0. The lowest BCUT2D eigenvalue weighted by atomic mass is 9.74. The second kappa shape index (κ2) is 9.99. The first-order chi connectivity index (χ1) is 13.6. The fourth-order valence-corrected chi connectivity index (χ4v) is 10.7. The van der Waals surface area contributed by atoms with Crippen molar-refractivity contribution >= 4 is 20.2 Å². The SMILES string of the molecule is CC(C)[Si](OC1CC(C)(N2CCNCC2=O)C1)(C(C)C)C(C)C.O=C(O)C(F)(F)F. The molecular formula is C20H37F3N2O4Si. The molecule has 1 heterocycles. The largest absolute Gasteiger partial charge is 0.490 e. The van der Waals surface area contributed by atoms with Crippen molar-refractivity contribution in [2.45, 2.75) is 95.8 Å². The van der Waals surface area contributed by atoms with Gasteiger partial charge in [-0.2, -0.15) is 13.2 Å². The van der Waals surface area contributed by atoms with E-state index in [9.17, 15) is 18.0 Å². The van der Waals surface area contributed by atoms with Gasteiger partial charge in [0, 0.05) is 24.7 Å². The van der Waals surface area contributed by atoms with Crippen LogP contribution in [0, 0.1) is 0 Å². The number of hydrogen-bond acceptors (Lipinski definition) is 4. The molecule has 2 fully saturated rings. The van der Waals surface area contributed by atoms with Gasteiger partial charge in [-0.1, -0.05) is 41.5 Å². The highest BCUT2D eigenvalue weighted by molar-refractivity contribution is 6.77. The van der Waals surface area contributed by atoms with E-state index in [1.54, 1.807) is 0 Å². The summed E-state index contributed by atoms with van der Waals surface area (Å²) in [5.41, 5.74) is 1.87. The van der Waals surface area contributed by atoms with Crippen molar-refractivity contribution in [3.8, 4) is 0 Å². The highest BCUT2D eigenvalue weighted by atomic mass is 28.4. The van der Waals surface area contributed by atoms with E-state index in [1.165, 1.54) is 0 Å². The number of hydrogen-bond donors (Lipinski definition) is 2. The lowest BCUT2D eigenvalue weighted by Crippen LogP contribution is -2.66. The van der Waals surface area contributed by atoms with Crippen molar-refractivity contribution in [2.24, 2.45) is 0 Å². The van der Waals surface area contributed by atoms with E-state index in [-0.39, 0.29) is 11.4 Å². The fourth-order valence-electron chi connectivity index (χ4n) is 5.10. The molecule has 1 amide bonds. The Morgan fingerprint density at radius 1 is 1.17 bits per heavy atom. The third kappa shape index (κ3) is 5.97. The Hall–Kier alpha value is -1.13. The molecule has 0 aromatic heterocycles. The van der Waals surface area contributed by atoms with Gasteiger partial charge in [-0.3, -0.25) is 4.79 Å². The third-order valence-electron chi connectivity index (χ3n) is 6.40. The van der Waals surface area contributed by atoms with Crippen molar-refractivity contribution in [3.63, 3.8) is 0 Å². The zero-order chi connectivity index (χ0) is 23.5. The summed E-state index contributed by atoms with van der Waals surface area (Å²) < 4.78 is 38.6. The minimum absolute atomic E-state index is 0.00886. The van der Waals surface area contributed by atoms with Crippen LogP contribution >= 0.6 is 0 Å². The molecule has 0 unspecified atom stereocenters. The van der Waals surface area contributed by atoms with Crippen LogP contribution in [-0.4, -0.2) is 67.7 Å². The summed E-state index contributed by atoms with van der Waals surface area (Å²) in [5, 5.41) is 10.3. The molecule has 0 atom stereocenters. The van der Waals surface area contributed by atoms with Crippen molar-refractivity contribution in [1.82, 2.24) is 10.2 Å². The molecule has 1 saturated heterocycles. The van der Waals surface area contributed by atoms with E-state index in [4.69, 9.17) is 14.3 Å². The number of carboxylic acids is 1. The van der Waals surface area contributed by atoms with Crippen molar-refractivity contribution in [3.05, 3.63) is 0 Å². The molecule has 30 heavy (non-hydrogen) atoms. The second-order valence-corrected chi connectivity index (χ2v) is 14.9. The summed E-state index contributed by atoms with van der Waals surface area (Å²) in [6, 6.07) is 0. The summed E-state index contributed by atoms with van der Waals surface area (Å²) in [5.74, 6) is -2.51. The zero-order valence-corrected chi connectivity index (χ0v) is 20.1. The van der Waals surface area contributed by atoms with Crippen molar-refractivity contribution in [1.29, 1.82) is 0 Å². The van der Waals surface area contributed by atoms with Crippen LogP contribution in [0.5, 0.6) is 0 Å². The van der Waals surface area contributed by atoms with Gasteiger partial charge in [0.2, 0.25) is 14.2 Å². The number of carboxylic acid groups (broad SMARTS) is 1. The van der Waals surface area contributed by atoms with Crippen LogP contribution in [0.25, 0.3) is 0 Å². The van der Waals surface area contributed by atoms with E-state index in [0.717, 1.165) is 25.9 Å². The Morgan fingerprint density at radius 2 is 1.60 bits per heavy atom. The first-order valence-electron chi connectivity index (χ1n) is 10.6. The van der Waals surface area contributed by atoms with Crippen LogP contribution in [0.2, 0.25) is 16.6 Å². The Bertz CT molecular complexity index is 584. The smallest absolute Gasteiger partial charge is 0.475 e. The molecule has 0 radical (unpaired) electrons. The maximum Gasteiger partial charge on any atom is 0.490 e. The van der Waals surface area contributed by atoms with E-state index in [2.05, 4.69) is 58.7 Å². The molecule has 1 aliphatic carbocycles. The quantitative estimate of drug-likeness (QED) is 0.589. The third-order valence-corrected chi connectivity index (χ3v) is 12.6. The molecule has 10 heteroatoms. The monoisotopic (exact) mass is 454 g/mol. The highest BCUT2D eigenvalue weighted by Crippen LogP contribution is 2.48. The van der Waals surface area contributed by atoms with Crippen LogP contribution in [0.4, 0.5) is 13.2 Å². The summed E-state index contributed by atoms with van der Waals surface area (Å²) in [4.78, 5) is 23.2. The number of rotatable bonds is 6. The number of halogens is 3. The van der Waals surface area contributed by atoms with Crippen LogP contribution in [0.1, 0.15) is 61.3 Å². The predicted octanol–water partition coefficient (Wildman–Crippen LogP) is 4.16. The number of nitrogens with zero attached hydrogens (tertiary/aromatic N) is 1. The van der Waals surface area contributed by atoms with Gasteiger partial charge in [0.1, 0.15) is 0 Å². The lowest BCUT2D eigenvalue weighted by molar-refractivity contribution is -0.192. The molecule has 0 aromatic rings. The summed E-state index contributed by atoms with van der Waals surface area (Å²) in [7, 11) is -1.81. The van der Waals surface area contributed by atoms with E-state index in [1.807, 2.05) is 0 Å². The molecule has 2 aliphatic rings. The number of nitrogens with one attached hydrogen (secondary N) is 1. The number of aliphatic carboxylic acids is 1. The topological polar surface area (TPSA) is 78.9 Å². The minimum Gasteiger partial charge on any atom is -0.475 e. The minimum atomic E-state index is -5.08. The molecule has 1 saturated carbocycles. The van der Waals surface area contributed by atoms with Gasteiger partial charge in [-0.15, -0.1) is 0 Å². The van der Waals surface area contributed by atoms with Crippen molar-refractivity contribution < 1.29 is 32.3 Å². The Labute approximate surface area is 178 Å². The van der Waals surface area contributed by atoms with E-state index >= 15 is 0 Å². The van der Waals surface area contributed by atoms with Crippen LogP contribution in [-0.2, 0) is 14.0 Å². The highest BCUT2D eigenvalue weighted by Gasteiger charge is 2.53. The van der Waals surface area contributed by atoms with Gasteiger partial charge in [-0.05, 0) is 36.4 Å². The van der Waals surface area contributed by atoms with E-state index < -0.39 is 20.5 Å². The second-order valence-electron chi connectivity index (χ2n) is 9.49. The standard InChI is InChI=1S/C18H36N2O2Si.C2HF3O2/c1-13(2)23(14(3)4,15(5)6)22-16-10-18(7,11-16)20-9-8-19-12-17(20)21;3-2(4,5)1(6)7/h13-16,19H,8-12H2,1-7H3;(H,6,7). The van der Waals surface area contributed by atoms with E-state index in [0.29, 0.717) is 29.3 Å². The first kappa shape index (κ1) is 26.9. The van der Waals surface area contributed by atoms with Crippen molar-refractivity contribution in [2.75, 3.05) is 19.6 Å². The van der Waals surface area contributed by atoms with Crippen LogP contribution in [0.3, 0.4) is 0 Å². The molecule has 2 rings (SSSR count). The van der Waals surface area contributed by atoms with Gasteiger partial charge in [-0.25, -0.2) is 4.79 Å². The summed E-state index contributed by atoms with van der Waals surface area (Å²) in [6.45, 7) is 18.5. The average Bonchev–Trinajstić information content (AvgIpc) is 2.56. The van der Waals surface area contributed by atoms with Gasteiger partial charge in [0.05, 0.1) is 6.54 Å². The summed E-state index contributed by atoms with van der Waals surface area (Å²) in [6.07, 6.45) is -2.75. The molecule has 176 valence electrons. The first-order valence-corrected chi connectivity index (χ1v) is 12.7. The molecule has 2 N–H and O–H groups in total. The number of piperazine rings is 1. The number of carbonyl (C=O) groups is 2. The molecule has 0 spiro atoms. The Balaban J connectivity index is 0.000000553. The van der Waals surface area contributed by atoms with Gasteiger partial charge < -0.3 is 19.7 Å². The molecular weight excluding hydrogens is 417 g/mol. The fraction of sp³-hybridized carbons (Fsp3) is 0.900. The number of amides is 1. The molecule has 1 aliphatic heterocycles. The number of carbonyl (C=O) groups excluding carboxylic acids is 1. The number of alkyl halides is 3. The van der Waals surface area contributed by atoms with Gasteiger partial charge in [0.25, 0.3) is 0 Å². The maximum atomic E-state index is 12.2. The Morgan fingerprint density at radius 3 is 1.93 bits per heavy atom. The molecule has 6 nitrogen and oxygen atoms in total. The maximum absolute atomic E-state index is 12.2. The molecule has 0 aromatic carbocycles. The van der Waals surface area contributed by atoms with Crippen LogP contribution < -0.4 is 5.32 Å². The predicted molar refractivity (Wildman–Crippen MR) is 112 cm³/mol. The zero-order valence-electron chi connectivity index (χ0n) is 19.1. The Kier molecular flexibility index (Phi) is 8.96.